The number of carboxylic acids is 2. The summed E-state index contributed by atoms with van der Waals surface area (Å²) in [5.41, 5.74) is 1.77. The second-order valence-corrected chi connectivity index (χ2v) is 6.75. The van der Waals surface area contributed by atoms with E-state index < -0.39 is 23.8 Å². The average Bonchev–Trinajstić information content (AvgIpc) is 2.70. The molecular weight excluding hydrogens is 360 g/mol. The Kier molecular flexibility index (Phi) is 7.87. The first-order valence-electron chi connectivity index (χ1n) is 9.14. The average molecular weight is 386 g/mol. The predicted octanol–water partition coefficient (Wildman–Crippen LogP) is 3.67. The third kappa shape index (κ3) is 6.30. The van der Waals surface area contributed by atoms with Gasteiger partial charge in [0.15, 0.2) is 0 Å². The molecule has 150 valence electrons. The van der Waals surface area contributed by atoms with Gasteiger partial charge in [0.1, 0.15) is 11.5 Å². The first-order chi connectivity index (χ1) is 13.4. The zero-order chi connectivity index (χ0) is 20.5. The van der Waals surface area contributed by atoms with E-state index in [1.165, 1.54) is 0 Å². The van der Waals surface area contributed by atoms with E-state index in [-0.39, 0.29) is 0 Å². The van der Waals surface area contributed by atoms with Crippen LogP contribution in [0, 0.1) is 11.8 Å². The van der Waals surface area contributed by atoms with Gasteiger partial charge in [-0.3, -0.25) is 9.59 Å². The molecule has 2 N–H and O–H groups in total. The van der Waals surface area contributed by atoms with Crippen LogP contribution in [0.5, 0.6) is 11.5 Å². The first kappa shape index (κ1) is 21.3. The van der Waals surface area contributed by atoms with Crippen molar-refractivity contribution in [3.05, 3.63) is 59.7 Å². The fraction of sp³-hybridized carbons (Fsp3) is 0.364. The molecule has 0 heterocycles. The highest BCUT2D eigenvalue weighted by Gasteiger charge is 2.24. The molecule has 6 heteroatoms. The van der Waals surface area contributed by atoms with Crippen molar-refractivity contribution >= 4 is 11.9 Å². The quantitative estimate of drug-likeness (QED) is 0.612. The van der Waals surface area contributed by atoms with Crippen LogP contribution in [0.4, 0.5) is 0 Å². The van der Waals surface area contributed by atoms with Crippen LogP contribution >= 0.6 is 0 Å². The van der Waals surface area contributed by atoms with Crippen LogP contribution in [0.1, 0.15) is 24.0 Å². The lowest BCUT2D eigenvalue weighted by Gasteiger charge is -2.17. The number of benzene rings is 2. The molecule has 0 spiro atoms. The summed E-state index contributed by atoms with van der Waals surface area (Å²) in [6.45, 7) is 0. The zero-order valence-electron chi connectivity index (χ0n) is 16.1. The Morgan fingerprint density at radius 3 is 1.29 bits per heavy atom. The molecule has 0 aromatic heterocycles. The van der Waals surface area contributed by atoms with Crippen molar-refractivity contribution in [3.63, 3.8) is 0 Å². The van der Waals surface area contributed by atoms with E-state index in [1.807, 2.05) is 24.3 Å². The topological polar surface area (TPSA) is 93.1 Å². The maximum atomic E-state index is 11.7. The Labute approximate surface area is 164 Å². The van der Waals surface area contributed by atoms with Crippen LogP contribution in [0.25, 0.3) is 0 Å². The second-order valence-electron chi connectivity index (χ2n) is 6.75. The van der Waals surface area contributed by atoms with E-state index in [0.717, 1.165) is 11.1 Å². The van der Waals surface area contributed by atoms with Gasteiger partial charge in [0.25, 0.3) is 0 Å². The fourth-order valence-corrected chi connectivity index (χ4v) is 3.12. The van der Waals surface area contributed by atoms with Gasteiger partial charge in [-0.05, 0) is 61.1 Å². The minimum absolute atomic E-state index is 0.300. The third-order valence-corrected chi connectivity index (χ3v) is 4.84. The fourth-order valence-electron chi connectivity index (χ4n) is 3.12. The molecule has 0 bridgehead atoms. The molecule has 6 nitrogen and oxygen atoms in total. The number of ether oxygens (including phenoxy) is 2. The van der Waals surface area contributed by atoms with Gasteiger partial charge in [-0.15, -0.1) is 0 Å². The normalized spacial score (nSPS) is 12.8. The first-order valence-corrected chi connectivity index (χ1v) is 9.14. The lowest BCUT2D eigenvalue weighted by Crippen LogP contribution is -2.22. The van der Waals surface area contributed by atoms with Gasteiger partial charge in [-0.2, -0.15) is 0 Å². The second kappa shape index (κ2) is 10.3. The lowest BCUT2D eigenvalue weighted by molar-refractivity contribution is -0.145. The van der Waals surface area contributed by atoms with Gasteiger partial charge in [-0.25, -0.2) is 0 Å². The molecule has 0 fully saturated rings. The SMILES string of the molecule is COc1ccc(C[C@@H](CC[C@H](Cc2ccc(OC)cc2)C(=O)O)C(=O)O)cc1. The van der Waals surface area contributed by atoms with E-state index in [4.69, 9.17) is 9.47 Å². The number of carboxylic acid groups (broad SMARTS) is 2. The highest BCUT2D eigenvalue weighted by Crippen LogP contribution is 2.23. The van der Waals surface area contributed by atoms with Gasteiger partial charge in [-0.1, -0.05) is 24.3 Å². The summed E-state index contributed by atoms with van der Waals surface area (Å²) in [4.78, 5) is 23.3. The van der Waals surface area contributed by atoms with E-state index in [2.05, 4.69) is 0 Å². The van der Waals surface area contributed by atoms with Crippen molar-refractivity contribution in [2.75, 3.05) is 14.2 Å². The Balaban J connectivity index is 1.99. The van der Waals surface area contributed by atoms with Crippen molar-refractivity contribution in [2.24, 2.45) is 11.8 Å². The monoisotopic (exact) mass is 386 g/mol. The Morgan fingerprint density at radius 1 is 0.714 bits per heavy atom. The molecule has 0 aliphatic rings. The molecule has 2 rings (SSSR count). The summed E-state index contributed by atoms with van der Waals surface area (Å²) in [6, 6.07) is 14.5. The van der Waals surface area contributed by atoms with Crippen molar-refractivity contribution in [3.8, 4) is 11.5 Å². The summed E-state index contributed by atoms with van der Waals surface area (Å²) in [5, 5.41) is 19.1. The highest BCUT2D eigenvalue weighted by atomic mass is 16.5. The van der Waals surface area contributed by atoms with Gasteiger partial charge >= 0.3 is 11.9 Å². The van der Waals surface area contributed by atoms with Crippen LogP contribution in [-0.4, -0.2) is 36.4 Å². The van der Waals surface area contributed by atoms with Crippen LogP contribution in [0.15, 0.2) is 48.5 Å². The van der Waals surface area contributed by atoms with Crippen molar-refractivity contribution < 1.29 is 29.3 Å². The summed E-state index contributed by atoms with van der Waals surface area (Å²) in [6.07, 6.45) is 1.31. The molecule has 2 aromatic rings. The summed E-state index contributed by atoms with van der Waals surface area (Å²) in [5.74, 6) is -1.67. The van der Waals surface area contributed by atoms with Crippen LogP contribution < -0.4 is 9.47 Å². The number of hydrogen-bond acceptors (Lipinski definition) is 4. The molecule has 0 saturated heterocycles. The van der Waals surface area contributed by atoms with Crippen LogP contribution in [0.3, 0.4) is 0 Å². The molecule has 0 unspecified atom stereocenters. The molecule has 2 atom stereocenters. The van der Waals surface area contributed by atoms with E-state index in [9.17, 15) is 19.8 Å². The number of rotatable bonds is 11. The Hall–Kier alpha value is -3.02. The molecule has 0 radical (unpaired) electrons. The molecule has 0 amide bonds. The zero-order valence-corrected chi connectivity index (χ0v) is 16.1. The van der Waals surface area contributed by atoms with E-state index in [1.54, 1.807) is 38.5 Å². The van der Waals surface area contributed by atoms with Gasteiger partial charge in [0.2, 0.25) is 0 Å². The maximum Gasteiger partial charge on any atom is 0.306 e. The highest BCUT2D eigenvalue weighted by molar-refractivity contribution is 5.72. The lowest BCUT2D eigenvalue weighted by atomic mass is 9.88. The number of hydrogen-bond donors (Lipinski definition) is 2. The predicted molar refractivity (Wildman–Crippen MR) is 105 cm³/mol. The van der Waals surface area contributed by atoms with Gasteiger partial charge in [0, 0.05) is 0 Å². The number of methoxy groups -OCH3 is 2. The van der Waals surface area contributed by atoms with Crippen LogP contribution in [0.2, 0.25) is 0 Å². The number of aliphatic carboxylic acids is 2. The smallest absolute Gasteiger partial charge is 0.306 e. The number of carbonyl (C=O) groups is 2. The molecule has 0 aliphatic carbocycles. The Bertz CT molecular complexity index is 699. The summed E-state index contributed by atoms with van der Waals surface area (Å²) in [7, 11) is 3.15. The largest absolute Gasteiger partial charge is 0.497 e. The van der Waals surface area contributed by atoms with Crippen molar-refractivity contribution in [1.82, 2.24) is 0 Å². The maximum absolute atomic E-state index is 11.7. The van der Waals surface area contributed by atoms with Crippen molar-refractivity contribution in [1.29, 1.82) is 0 Å². The molecular formula is C22H26O6. The minimum atomic E-state index is -0.913. The van der Waals surface area contributed by atoms with Gasteiger partial charge in [0.05, 0.1) is 26.1 Å². The standard InChI is InChI=1S/C22H26O6/c1-27-19-9-3-15(4-10-19)13-17(21(23)24)7-8-18(22(25)26)14-16-5-11-20(28-2)12-6-16/h3-6,9-12,17-18H,7-8,13-14H2,1-2H3,(H,23,24)(H,25,26)/t17-,18-/m1/s1. The summed E-state index contributed by atoms with van der Waals surface area (Å²) < 4.78 is 10.2. The van der Waals surface area contributed by atoms with Crippen LogP contribution in [-0.2, 0) is 22.4 Å². The van der Waals surface area contributed by atoms with Gasteiger partial charge < -0.3 is 19.7 Å². The minimum Gasteiger partial charge on any atom is -0.497 e. The van der Waals surface area contributed by atoms with E-state index >= 15 is 0 Å². The molecule has 2 aromatic carbocycles. The van der Waals surface area contributed by atoms with Crippen molar-refractivity contribution in [2.45, 2.75) is 25.7 Å². The van der Waals surface area contributed by atoms with E-state index in [0.29, 0.717) is 37.2 Å². The third-order valence-electron chi connectivity index (χ3n) is 4.84. The molecule has 0 aliphatic heterocycles. The summed E-state index contributed by atoms with van der Waals surface area (Å²) >= 11 is 0. The Morgan fingerprint density at radius 2 is 1.04 bits per heavy atom. The molecule has 0 saturated carbocycles. The molecule has 28 heavy (non-hydrogen) atoms.